The Hall–Kier alpha value is -0.810. The Labute approximate surface area is 128 Å². The van der Waals surface area contributed by atoms with Crippen molar-refractivity contribution >= 4 is 34.8 Å². The van der Waals surface area contributed by atoms with Gasteiger partial charge in [-0.2, -0.15) is 0 Å². The molecule has 0 spiro atoms. The second kappa shape index (κ2) is 6.31. The number of halogens is 2. The molecule has 2 rings (SSSR count). The van der Waals surface area contributed by atoms with E-state index in [1.165, 1.54) is 0 Å². The Morgan fingerprint density at radius 1 is 1.40 bits per heavy atom. The summed E-state index contributed by atoms with van der Waals surface area (Å²) < 4.78 is 0. The van der Waals surface area contributed by atoms with E-state index in [1.54, 1.807) is 18.2 Å². The molecule has 1 amide bonds. The number of likely N-dealkylation sites (tertiary alicyclic amines) is 1. The second-order valence-electron chi connectivity index (χ2n) is 5.30. The zero-order valence-electron chi connectivity index (χ0n) is 11.3. The van der Waals surface area contributed by atoms with E-state index in [9.17, 15) is 9.90 Å². The Morgan fingerprint density at radius 3 is 2.70 bits per heavy atom. The Morgan fingerprint density at radius 2 is 2.10 bits per heavy atom. The fraction of sp³-hybridized carbons (Fsp3) is 0.500. The molecule has 0 unspecified atom stereocenters. The maximum atomic E-state index is 11.9. The van der Waals surface area contributed by atoms with Gasteiger partial charge in [0.15, 0.2) is 0 Å². The molecule has 1 aromatic rings. The van der Waals surface area contributed by atoms with E-state index in [-0.39, 0.29) is 12.5 Å². The van der Waals surface area contributed by atoms with Crippen molar-refractivity contribution in [2.75, 3.05) is 25.0 Å². The van der Waals surface area contributed by atoms with Gasteiger partial charge >= 0.3 is 0 Å². The van der Waals surface area contributed by atoms with Gasteiger partial charge in [-0.3, -0.25) is 9.69 Å². The van der Waals surface area contributed by atoms with Gasteiger partial charge in [0, 0.05) is 18.8 Å². The van der Waals surface area contributed by atoms with Crippen LogP contribution >= 0.6 is 23.2 Å². The summed E-state index contributed by atoms with van der Waals surface area (Å²) in [5, 5.41) is 13.7. The molecule has 0 saturated carbocycles. The first-order chi connectivity index (χ1) is 9.42. The van der Waals surface area contributed by atoms with Crippen LogP contribution in [-0.4, -0.2) is 41.1 Å². The van der Waals surface area contributed by atoms with Crippen LogP contribution < -0.4 is 5.32 Å². The number of benzene rings is 1. The number of nitrogens with one attached hydrogen (secondary N) is 1. The maximum absolute atomic E-state index is 11.9. The highest BCUT2D eigenvalue weighted by Gasteiger charge is 2.40. The SMILES string of the molecule is CCCC1(O)CN(CC(=O)Nc2ccc(Cl)c(Cl)c2)C1. The van der Waals surface area contributed by atoms with E-state index >= 15 is 0 Å². The monoisotopic (exact) mass is 316 g/mol. The van der Waals surface area contributed by atoms with Crippen molar-refractivity contribution in [2.24, 2.45) is 0 Å². The van der Waals surface area contributed by atoms with Gasteiger partial charge in [-0.05, 0) is 24.6 Å². The molecule has 0 aliphatic carbocycles. The molecule has 1 aromatic carbocycles. The van der Waals surface area contributed by atoms with Crippen LogP contribution in [0.15, 0.2) is 18.2 Å². The van der Waals surface area contributed by atoms with Crippen molar-refractivity contribution in [1.29, 1.82) is 0 Å². The minimum absolute atomic E-state index is 0.123. The third-order valence-corrected chi connectivity index (χ3v) is 4.06. The van der Waals surface area contributed by atoms with E-state index in [2.05, 4.69) is 5.32 Å². The van der Waals surface area contributed by atoms with Crippen molar-refractivity contribution in [3.63, 3.8) is 0 Å². The number of anilines is 1. The molecule has 0 atom stereocenters. The van der Waals surface area contributed by atoms with Gasteiger partial charge in [-0.25, -0.2) is 0 Å². The summed E-state index contributed by atoms with van der Waals surface area (Å²) in [5.74, 6) is -0.123. The van der Waals surface area contributed by atoms with Crippen LogP contribution in [0.5, 0.6) is 0 Å². The molecule has 1 heterocycles. The molecule has 20 heavy (non-hydrogen) atoms. The van der Waals surface area contributed by atoms with Gasteiger partial charge in [0.1, 0.15) is 0 Å². The largest absolute Gasteiger partial charge is 0.387 e. The summed E-state index contributed by atoms with van der Waals surface area (Å²) in [5.41, 5.74) is 0.00672. The fourth-order valence-electron chi connectivity index (χ4n) is 2.50. The molecule has 0 bridgehead atoms. The number of β-amino-alcohol motifs (C(OH)–C–C–N with tert-alkyl or cyclic N) is 1. The summed E-state index contributed by atoms with van der Waals surface area (Å²) in [7, 11) is 0. The third kappa shape index (κ3) is 3.85. The summed E-state index contributed by atoms with van der Waals surface area (Å²) in [6, 6.07) is 4.96. The number of aliphatic hydroxyl groups is 1. The number of carbonyl (C=O) groups is 1. The lowest BCUT2D eigenvalue weighted by Crippen LogP contribution is -2.62. The van der Waals surface area contributed by atoms with Crippen LogP contribution in [0.2, 0.25) is 10.0 Å². The van der Waals surface area contributed by atoms with E-state index in [1.807, 2.05) is 11.8 Å². The van der Waals surface area contributed by atoms with Gasteiger partial charge in [0.2, 0.25) is 5.91 Å². The van der Waals surface area contributed by atoms with Gasteiger partial charge in [0.25, 0.3) is 0 Å². The highest BCUT2D eigenvalue weighted by Crippen LogP contribution is 2.26. The molecule has 1 fully saturated rings. The summed E-state index contributed by atoms with van der Waals surface area (Å²) in [6.07, 6.45) is 1.72. The topological polar surface area (TPSA) is 52.6 Å². The Bertz CT molecular complexity index is 502. The second-order valence-corrected chi connectivity index (χ2v) is 6.11. The van der Waals surface area contributed by atoms with E-state index in [0.717, 1.165) is 12.8 Å². The molecule has 0 radical (unpaired) electrons. The molecule has 6 heteroatoms. The van der Waals surface area contributed by atoms with Crippen molar-refractivity contribution in [3.8, 4) is 0 Å². The smallest absolute Gasteiger partial charge is 0.238 e. The van der Waals surface area contributed by atoms with E-state index in [0.29, 0.717) is 28.8 Å². The van der Waals surface area contributed by atoms with E-state index < -0.39 is 5.60 Å². The normalized spacial score (nSPS) is 17.6. The van der Waals surface area contributed by atoms with Gasteiger partial charge in [-0.15, -0.1) is 0 Å². The number of hydrogen-bond donors (Lipinski definition) is 2. The molecule has 4 nitrogen and oxygen atoms in total. The lowest BCUT2D eigenvalue weighted by atomic mass is 9.89. The van der Waals surface area contributed by atoms with Gasteiger partial charge in [-0.1, -0.05) is 36.5 Å². The summed E-state index contributed by atoms with van der Waals surface area (Å²) >= 11 is 11.7. The van der Waals surface area contributed by atoms with Crippen molar-refractivity contribution in [2.45, 2.75) is 25.4 Å². The quantitative estimate of drug-likeness (QED) is 0.878. The molecule has 0 aromatic heterocycles. The number of rotatable bonds is 5. The van der Waals surface area contributed by atoms with E-state index in [4.69, 9.17) is 23.2 Å². The van der Waals surface area contributed by atoms with Crippen molar-refractivity contribution < 1.29 is 9.90 Å². The van der Waals surface area contributed by atoms with Crippen LogP contribution in [-0.2, 0) is 4.79 Å². The molecule has 1 aliphatic heterocycles. The van der Waals surface area contributed by atoms with Crippen LogP contribution in [0.1, 0.15) is 19.8 Å². The minimum atomic E-state index is -0.612. The number of carbonyl (C=O) groups excluding carboxylic acids is 1. The average molecular weight is 317 g/mol. The lowest BCUT2D eigenvalue weighted by Gasteiger charge is -2.46. The van der Waals surface area contributed by atoms with Crippen LogP contribution in [0.25, 0.3) is 0 Å². The maximum Gasteiger partial charge on any atom is 0.238 e. The zero-order chi connectivity index (χ0) is 14.8. The van der Waals surface area contributed by atoms with Crippen molar-refractivity contribution in [3.05, 3.63) is 28.2 Å². The van der Waals surface area contributed by atoms with Crippen LogP contribution in [0.4, 0.5) is 5.69 Å². The Kier molecular flexibility index (Phi) is 4.91. The standard InChI is InChI=1S/C14H18Cl2N2O2/c1-2-5-14(20)8-18(9-14)7-13(19)17-10-3-4-11(15)12(16)6-10/h3-4,6,20H,2,5,7-9H2,1H3,(H,17,19). The first-order valence-corrected chi connectivity index (χ1v) is 7.37. The first-order valence-electron chi connectivity index (χ1n) is 6.61. The molecule has 1 saturated heterocycles. The first kappa shape index (κ1) is 15.6. The molecule has 110 valence electrons. The zero-order valence-corrected chi connectivity index (χ0v) is 12.8. The number of amides is 1. The molecule has 1 aliphatic rings. The summed E-state index contributed by atoms with van der Waals surface area (Å²) in [6.45, 7) is 3.41. The molecular formula is C14H18Cl2N2O2. The predicted octanol–water partition coefficient (Wildman–Crippen LogP) is 2.78. The van der Waals surface area contributed by atoms with Crippen molar-refractivity contribution in [1.82, 2.24) is 4.90 Å². The van der Waals surface area contributed by atoms with Gasteiger partial charge in [0.05, 0.1) is 22.2 Å². The summed E-state index contributed by atoms with van der Waals surface area (Å²) in [4.78, 5) is 13.8. The fourth-order valence-corrected chi connectivity index (χ4v) is 2.80. The molecular weight excluding hydrogens is 299 g/mol. The number of hydrogen-bond acceptors (Lipinski definition) is 3. The highest BCUT2D eigenvalue weighted by atomic mass is 35.5. The van der Waals surface area contributed by atoms with Gasteiger partial charge < -0.3 is 10.4 Å². The lowest BCUT2D eigenvalue weighted by molar-refractivity contribution is -0.129. The highest BCUT2D eigenvalue weighted by molar-refractivity contribution is 6.42. The average Bonchev–Trinajstić information content (AvgIpc) is 2.32. The van der Waals surface area contributed by atoms with Crippen LogP contribution in [0, 0.1) is 0 Å². The third-order valence-electron chi connectivity index (χ3n) is 3.32. The molecule has 2 N–H and O–H groups in total. The number of nitrogens with zero attached hydrogens (tertiary/aromatic N) is 1. The van der Waals surface area contributed by atoms with Crippen LogP contribution in [0.3, 0.4) is 0 Å². The Balaban J connectivity index is 1.81. The predicted molar refractivity (Wildman–Crippen MR) is 81.4 cm³/mol. The minimum Gasteiger partial charge on any atom is -0.387 e.